The number of hydrogen-bond acceptors (Lipinski definition) is 2. The molecule has 0 fully saturated rings. The molecule has 0 amide bonds. The molecule has 0 aliphatic heterocycles. The van der Waals surface area contributed by atoms with Gasteiger partial charge in [0.05, 0.1) is 0 Å². The Bertz CT molecular complexity index is 347. The average molecular weight is 181 g/mol. The first-order chi connectivity index (χ1) is 6.25. The summed E-state index contributed by atoms with van der Waals surface area (Å²) < 4.78 is 12.7. The predicted octanol–water partition coefficient (Wildman–Crippen LogP) is 2.38. The zero-order valence-electron chi connectivity index (χ0n) is 6.81. The molecule has 0 radical (unpaired) electrons. The van der Waals surface area contributed by atoms with Gasteiger partial charge >= 0.3 is 0 Å². The van der Waals surface area contributed by atoms with E-state index >= 15 is 0 Å². The summed E-state index contributed by atoms with van der Waals surface area (Å²) in [5.41, 5.74) is 8.44. The topological polar surface area (TPSA) is 69.0 Å². The van der Waals surface area contributed by atoms with Crippen molar-refractivity contribution in [2.45, 2.75) is 6.42 Å². The zero-order valence-corrected chi connectivity index (χ0v) is 6.81. The van der Waals surface area contributed by atoms with Crippen molar-refractivity contribution in [1.29, 1.82) is 0 Å². The van der Waals surface area contributed by atoms with Crippen LogP contribution in [0.15, 0.2) is 23.3 Å². The van der Waals surface area contributed by atoms with Crippen molar-refractivity contribution in [1.82, 2.24) is 0 Å². The molecule has 0 aromatic heterocycles. The van der Waals surface area contributed by atoms with Crippen LogP contribution in [-0.4, -0.2) is 11.7 Å². The molecular formula is C8H8FN3O. The lowest BCUT2D eigenvalue weighted by Crippen LogP contribution is -1.90. The van der Waals surface area contributed by atoms with Crippen LogP contribution in [0.5, 0.6) is 5.75 Å². The maximum atomic E-state index is 12.7. The Morgan fingerprint density at radius 2 is 2.31 bits per heavy atom. The molecule has 0 spiro atoms. The molecule has 5 heteroatoms. The standard InChI is InChI=1S/C8H8FN3O/c9-7-3-1-2-6(8(7)13)4-5-11-12-10/h1-3,13H,4-5H2. The Hall–Kier alpha value is -1.74. The molecule has 1 aromatic carbocycles. The van der Waals surface area contributed by atoms with Crippen molar-refractivity contribution in [3.63, 3.8) is 0 Å². The summed E-state index contributed by atoms with van der Waals surface area (Å²) in [6.07, 6.45) is 0.341. The van der Waals surface area contributed by atoms with Crippen molar-refractivity contribution in [3.8, 4) is 5.75 Å². The van der Waals surface area contributed by atoms with E-state index in [1.165, 1.54) is 12.1 Å². The normalized spacial score (nSPS) is 9.31. The Labute approximate surface area is 74.3 Å². The van der Waals surface area contributed by atoms with E-state index < -0.39 is 5.82 Å². The van der Waals surface area contributed by atoms with Crippen LogP contribution in [0.3, 0.4) is 0 Å². The molecular weight excluding hydrogens is 173 g/mol. The van der Waals surface area contributed by atoms with Crippen LogP contribution in [0.4, 0.5) is 4.39 Å². The van der Waals surface area contributed by atoms with Gasteiger partial charge in [-0.15, -0.1) is 0 Å². The third-order valence-electron chi connectivity index (χ3n) is 1.61. The lowest BCUT2D eigenvalue weighted by atomic mass is 10.1. The molecule has 4 nitrogen and oxygen atoms in total. The Balaban J connectivity index is 2.76. The van der Waals surface area contributed by atoms with Gasteiger partial charge in [-0.2, -0.15) is 0 Å². The summed E-state index contributed by atoms with van der Waals surface area (Å²) >= 11 is 0. The van der Waals surface area contributed by atoms with Crippen molar-refractivity contribution in [2.75, 3.05) is 6.54 Å². The summed E-state index contributed by atoms with van der Waals surface area (Å²) in [6.45, 7) is 0.216. The summed E-state index contributed by atoms with van der Waals surface area (Å²) in [5, 5.41) is 12.5. The minimum absolute atomic E-state index is 0.216. The molecule has 0 atom stereocenters. The van der Waals surface area contributed by atoms with Crippen LogP contribution in [0.25, 0.3) is 10.4 Å². The quantitative estimate of drug-likeness (QED) is 0.434. The molecule has 13 heavy (non-hydrogen) atoms. The Morgan fingerprint density at radius 1 is 1.54 bits per heavy atom. The smallest absolute Gasteiger partial charge is 0.165 e. The summed E-state index contributed by atoms with van der Waals surface area (Å²) in [7, 11) is 0. The van der Waals surface area contributed by atoms with E-state index in [9.17, 15) is 9.50 Å². The van der Waals surface area contributed by atoms with Crippen LogP contribution in [-0.2, 0) is 6.42 Å². The van der Waals surface area contributed by atoms with Gasteiger partial charge in [0.1, 0.15) is 0 Å². The predicted molar refractivity (Wildman–Crippen MR) is 45.8 cm³/mol. The first-order valence-electron chi connectivity index (χ1n) is 3.73. The van der Waals surface area contributed by atoms with E-state index in [4.69, 9.17) is 5.53 Å². The molecule has 0 bridgehead atoms. The van der Waals surface area contributed by atoms with E-state index in [-0.39, 0.29) is 12.3 Å². The second-order valence-corrected chi connectivity index (χ2v) is 2.45. The van der Waals surface area contributed by atoms with Gasteiger partial charge in [0.15, 0.2) is 11.6 Å². The Morgan fingerprint density at radius 3 is 3.00 bits per heavy atom. The number of benzene rings is 1. The third-order valence-corrected chi connectivity index (χ3v) is 1.61. The summed E-state index contributed by atoms with van der Waals surface area (Å²) in [6, 6.07) is 4.26. The first-order valence-corrected chi connectivity index (χ1v) is 3.73. The molecule has 1 aromatic rings. The van der Waals surface area contributed by atoms with Gasteiger partial charge in [0, 0.05) is 11.5 Å². The van der Waals surface area contributed by atoms with Crippen molar-refractivity contribution in [2.24, 2.45) is 5.11 Å². The van der Waals surface area contributed by atoms with Gasteiger partial charge in [-0.05, 0) is 23.6 Å². The highest BCUT2D eigenvalue weighted by molar-refractivity contribution is 5.33. The lowest BCUT2D eigenvalue weighted by Gasteiger charge is -2.01. The van der Waals surface area contributed by atoms with Gasteiger partial charge in [-0.25, -0.2) is 4.39 Å². The van der Waals surface area contributed by atoms with E-state index in [2.05, 4.69) is 10.0 Å². The number of para-hydroxylation sites is 1. The van der Waals surface area contributed by atoms with E-state index in [1.54, 1.807) is 6.07 Å². The molecule has 0 saturated carbocycles. The lowest BCUT2D eigenvalue weighted by molar-refractivity contribution is 0.426. The van der Waals surface area contributed by atoms with Crippen LogP contribution in [0.2, 0.25) is 0 Å². The van der Waals surface area contributed by atoms with Crippen molar-refractivity contribution in [3.05, 3.63) is 40.0 Å². The van der Waals surface area contributed by atoms with Crippen molar-refractivity contribution >= 4 is 0 Å². The van der Waals surface area contributed by atoms with Gasteiger partial charge in [-0.3, -0.25) is 0 Å². The van der Waals surface area contributed by atoms with Crippen LogP contribution in [0, 0.1) is 5.82 Å². The molecule has 68 valence electrons. The summed E-state index contributed by atoms with van der Waals surface area (Å²) in [5.74, 6) is -1.02. The van der Waals surface area contributed by atoms with E-state index in [0.717, 1.165) is 0 Å². The number of azide groups is 1. The SMILES string of the molecule is [N-]=[N+]=NCCc1cccc(F)c1O. The van der Waals surface area contributed by atoms with Crippen molar-refractivity contribution < 1.29 is 9.50 Å². The summed E-state index contributed by atoms with van der Waals surface area (Å²) in [4.78, 5) is 2.55. The second-order valence-electron chi connectivity index (χ2n) is 2.45. The minimum atomic E-state index is -0.654. The molecule has 1 N–H and O–H groups in total. The molecule has 0 saturated heterocycles. The third kappa shape index (κ3) is 2.35. The van der Waals surface area contributed by atoms with Crippen LogP contribution in [0.1, 0.15) is 5.56 Å². The second kappa shape index (κ2) is 4.33. The number of rotatable bonds is 3. The molecule has 0 aliphatic carbocycles. The number of phenolic OH excluding ortho intramolecular Hbond substituents is 1. The van der Waals surface area contributed by atoms with E-state index in [1.807, 2.05) is 0 Å². The number of hydrogen-bond donors (Lipinski definition) is 1. The van der Waals surface area contributed by atoms with Crippen LogP contribution >= 0.6 is 0 Å². The Kier molecular flexibility index (Phi) is 3.11. The average Bonchev–Trinajstić information content (AvgIpc) is 2.13. The maximum absolute atomic E-state index is 12.7. The zero-order chi connectivity index (χ0) is 9.68. The number of nitrogens with zero attached hydrogens (tertiary/aromatic N) is 3. The molecule has 0 unspecified atom stereocenters. The fourth-order valence-corrected chi connectivity index (χ4v) is 0.977. The monoisotopic (exact) mass is 181 g/mol. The number of halogens is 1. The maximum Gasteiger partial charge on any atom is 0.165 e. The van der Waals surface area contributed by atoms with E-state index in [0.29, 0.717) is 12.0 Å². The fraction of sp³-hybridized carbons (Fsp3) is 0.250. The number of aromatic hydroxyl groups is 1. The highest BCUT2D eigenvalue weighted by Gasteiger charge is 2.04. The molecule has 0 heterocycles. The van der Waals surface area contributed by atoms with Gasteiger partial charge in [0.25, 0.3) is 0 Å². The van der Waals surface area contributed by atoms with Crippen LogP contribution < -0.4 is 0 Å². The molecule has 1 rings (SSSR count). The van der Waals surface area contributed by atoms with Gasteiger partial charge in [-0.1, -0.05) is 17.2 Å². The highest BCUT2D eigenvalue weighted by Crippen LogP contribution is 2.20. The van der Waals surface area contributed by atoms with Gasteiger partial charge < -0.3 is 5.11 Å². The molecule has 0 aliphatic rings. The fourth-order valence-electron chi connectivity index (χ4n) is 0.977. The minimum Gasteiger partial charge on any atom is -0.505 e. The number of phenols is 1. The first kappa shape index (κ1) is 9.35. The van der Waals surface area contributed by atoms with Gasteiger partial charge in [0.2, 0.25) is 0 Å². The largest absolute Gasteiger partial charge is 0.505 e. The highest BCUT2D eigenvalue weighted by atomic mass is 19.1.